The van der Waals surface area contributed by atoms with Gasteiger partial charge in [-0.1, -0.05) is 15.9 Å². The minimum atomic E-state index is -3.58. The van der Waals surface area contributed by atoms with Gasteiger partial charge in [-0.15, -0.1) is 0 Å². The van der Waals surface area contributed by atoms with Crippen LogP contribution < -0.4 is 10.0 Å². The van der Waals surface area contributed by atoms with Gasteiger partial charge in [0.2, 0.25) is 15.9 Å². The number of carbonyl (C=O) groups excluding carboxylic acids is 2. The molecule has 0 aliphatic carbocycles. The largest absolute Gasteiger partial charge is 0.355 e. The zero-order valence-corrected chi connectivity index (χ0v) is 14.0. The Hall–Kier alpha value is -1.25. The van der Waals surface area contributed by atoms with Crippen molar-refractivity contribution in [2.75, 3.05) is 13.1 Å². The maximum absolute atomic E-state index is 11.9. The molecular formula is C13H17BrN2O4S. The van der Waals surface area contributed by atoms with Crippen molar-refractivity contribution in [2.45, 2.75) is 24.7 Å². The van der Waals surface area contributed by atoms with Gasteiger partial charge in [0.15, 0.2) is 0 Å². The molecule has 0 saturated carbocycles. The molecule has 0 aliphatic heterocycles. The Morgan fingerprint density at radius 3 is 2.29 bits per heavy atom. The summed E-state index contributed by atoms with van der Waals surface area (Å²) in [4.78, 5) is 22.2. The van der Waals surface area contributed by atoms with Gasteiger partial charge in [0, 0.05) is 30.4 Å². The molecule has 0 fully saturated rings. The molecule has 0 bridgehead atoms. The van der Waals surface area contributed by atoms with Crippen LogP contribution in [0.15, 0.2) is 33.6 Å². The van der Waals surface area contributed by atoms with Crippen LogP contribution >= 0.6 is 15.9 Å². The van der Waals surface area contributed by atoms with Crippen LogP contribution in [0, 0.1) is 0 Å². The lowest BCUT2D eigenvalue weighted by atomic mass is 10.2. The van der Waals surface area contributed by atoms with Crippen molar-refractivity contribution in [2.24, 2.45) is 0 Å². The zero-order chi connectivity index (χ0) is 15.9. The molecule has 1 rings (SSSR count). The van der Waals surface area contributed by atoms with Gasteiger partial charge in [-0.2, -0.15) is 0 Å². The molecular weight excluding hydrogens is 360 g/mol. The van der Waals surface area contributed by atoms with E-state index in [1.807, 2.05) is 0 Å². The molecule has 116 valence electrons. The van der Waals surface area contributed by atoms with Crippen molar-refractivity contribution in [1.29, 1.82) is 0 Å². The van der Waals surface area contributed by atoms with Gasteiger partial charge in [-0.3, -0.25) is 4.79 Å². The first-order chi connectivity index (χ1) is 9.81. The molecule has 21 heavy (non-hydrogen) atoms. The molecule has 0 spiro atoms. The molecule has 1 amide bonds. The van der Waals surface area contributed by atoms with E-state index in [-0.39, 0.29) is 42.5 Å². The SMILES string of the molecule is CC(=O)CCC(=O)NCCNS(=O)(=O)c1ccc(Br)cc1. The molecule has 0 aromatic heterocycles. The first kappa shape index (κ1) is 17.8. The number of benzene rings is 1. The summed E-state index contributed by atoms with van der Waals surface area (Å²) in [6, 6.07) is 6.24. The van der Waals surface area contributed by atoms with E-state index in [4.69, 9.17) is 0 Å². The summed E-state index contributed by atoms with van der Waals surface area (Å²) in [7, 11) is -3.58. The Balaban J connectivity index is 2.36. The van der Waals surface area contributed by atoms with Crippen molar-refractivity contribution < 1.29 is 18.0 Å². The first-order valence-electron chi connectivity index (χ1n) is 6.32. The van der Waals surface area contributed by atoms with E-state index in [9.17, 15) is 18.0 Å². The number of rotatable bonds is 8. The van der Waals surface area contributed by atoms with Crippen molar-refractivity contribution in [1.82, 2.24) is 10.0 Å². The number of sulfonamides is 1. The molecule has 1 aromatic carbocycles. The fourth-order valence-electron chi connectivity index (χ4n) is 1.46. The third-order valence-corrected chi connectivity index (χ3v) is 4.57. The highest BCUT2D eigenvalue weighted by Gasteiger charge is 2.12. The number of carbonyl (C=O) groups is 2. The molecule has 6 nitrogen and oxygen atoms in total. The summed E-state index contributed by atoms with van der Waals surface area (Å²) < 4.78 is 27.0. The standard InChI is InChI=1S/C13H17BrN2O4S/c1-10(17)2-7-13(18)15-8-9-16-21(19,20)12-5-3-11(14)4-6-12/h3-6,16H,2,7-9H2,1H3,(H,15,18). The Bertz CT molecular complexity index is 599. The summed E-state index contributed by atoms with van der Waals surface area (Å²) in [5, 5.41) is 2.55. The van der Waals surface area contributed by atoms with Crippen molar-refractivity contribution >= 4 is 37.6 Å². The number of hydrogen-bond donors (Lipinski definition) is 2. The smallest absolute Gasteiger partial charge is 0.240 e. The zero-order valence-electron chi connectivity index (χ0n) is 11.6. The molecule has 0 heterocycles. The van der Waals surface area contributed by atoms with Crippen molar-refractivity contribution in [3.63, 3.8) is 0 Å². The highest BCUT2D eigenvalue weighted by Crippen LogP contribution is 2.14. The average molecular weight is 377 g/mol. The van der Waals surface area contributed by atoms with E-state index in [2.05, 4.69) is 26.0 Å². The lowest BCUT2D eigenvalue weighted by Crippen LogP contribution is -2.34. The van der Waals surface area contributed by atoms with Crippen LogP contribution in [0.25, 0.3) is 0 Å². The van der Waals surface area contributed by atoms with Gasteiger partial charge in [0.05, 0.1) is 4.90 Å². The number of ketones is 1. The number of amides is 1. The fourth-order valence-corrected chi connectivity index (χ4v) is 2.76. The second-order valence-electron chi connectivity index (χ2n) is 4.40. The Labute approximate surface area is 132 Å². The predicted octanol–water partition coefficient (Wildman–Crippen LogP) is 1.21. The fraction of sp³-hybridized carbons (Fsp3) is 0.385. The van der Waals surface area contributed by atoms with Gasteiger partial charge < -0.3 is 10.1 Å². The summed E-state index contributed by atoms with van der Waals surface area (Å²) in [5.74, 6) is -0.325. The number of hydrogen-bond acceptors (Lipinski definition) is 4. The van der Waals surface area contributed by atoms with E-state index in [1.54, 1.807) is 12.1 Å². The number of nitrogens with one attached hydrogen (secondary N) is 2. The van der Waals surface area contributed by atoms with Crippen LogP contribution in [-0.2, 0) is 19.6 Å². The van der Waals surface area contributed by atoms with E-state index < -0.39 is 10.0 Å². The van der Waals surface area contributed by atoms with Crippen LogP contribution in [0.5, 0.6) is 0 Å². The normalized spacial score (nSPS) is 11.1. The Kier molecular flexibility index (Phi) is 7.00. The van der Waals surface area contributed by atoms with Gasteiger partial charge in [0.25, 0.3) is 0 Å². The highest BCUT2D eigenvalue weighted by atomic mass is 79.9. The average Bonchev–Trinajstić information content (AvgIpc) is 2.42. The predicted molar refractivity (Wildman–Crippen MR) is 82.3 cm³/mol. The summed E-state index contributed by atoms with van der Waals surface area (Å²) in [6.07, 6.45) is 0.311. The summed E-state index contributed by atoms with van der Waals surface area (Å²) >= 11 is 3.23. The third-order valence-electron chi connectivity index (χ3n) is 2.57. The monoisotopic (exact) mass is 376 g/mol. The van der Waals surface area contributed by atoms with Gasteiger partial charge >= 0.3 is 0 Å². The third kappa shape index (κ3) is 6.83. The number of Topliss-reactive ketones (excluding diaryl/α,β-unsaturated/α-hetero) is 1. The minimum absolute atomic E-state index is 0.0545. The van der Waals surface area contributed by atoms with Crippen molar-refractivity contribution in [3.8, 4) is 0 Å². The topological polar surface area (TPSA) is 92.3 Å². The lowest BCUT2D eigenvalue weighted by Gasteiger charge is -2.08. The van der Waals surface area contributed by atoms with E-state index in [0.717, 1.165) is 4.47 Å². The maximum Gasteiger partial charge on any atom is 0.240 e. The Morgan fingerprint density at radius 2 is 1.71 bits per heavy atom. The Morgan fingerprint density at radius 1 is 1.10 bits per heavy atom. The van der Waals surface area contributed by atoms with E-state index >= 15 is 0 Å². The maximum atomic E-state index is 11.9. The molecule has 1 aromatic rings. The molecule has 0 saturated heterocycles. The van der Waals surface area contributed by atoms with E-state index in [0.29, 0.717) is 0 Å². The molecule has 0 radical (unpaired) electrons. The van der Waals surface area contributed by atoms with Crippen LogP contribution in [0.1, 0.15) is 19.8 Å². The molecule has 2 N–H and O–H groups in total. The molecule has 0 aliphatic rings. The van der Waals surface area contributed by atoms with Crippen LogP contribution in [-0.4, -0.2) is 33.2 Å². The summed E-state index contributed by atoms with van der Waals surface area (Å²) in [6.45, 7) is 1.68. The van der Waals surface area contributed by atoms with Crippen LogP contribution in [0.3, 0.4) is 0 Å². The first-order valence-corrected chi connectivity index (χ1v) is 8.60. The van der Waals surface area contributed by atoms with Crippen LogP contribution in [0.4, 0.5) is 0 Å². The molecule has 8 heteroatoms. The van der Waals surface area contributed by atoms with Gasteiger partial charge in [0.1, 0.15) is 5.78 Å². The van der Waals surface area contributed by atoms with Crippen LogP contribution in [0.2, 0.25) is 0 Å². The second-order valence-corrected chi connectivity index (χ2v) is 7.09. The molecule has 0 unspecified atom stereocenters. The van der Waals surface area contributed by atoms with Gasteiger partial charge in [-0.05, 0) is 31.2 Å². The lowest BCUT2D eigenvalue weighted by molar-refractivity contribution is -0.124. The van der Waals surface area contributed by atoms with E-state index in [1.165, 1.54) is 19.1 Å². The summed E-state index contributed by atoms with van der Waals surface area (Å²) in [5.41, 5.74) is 0. The highest BCUT2D eigenvalue weighted by molar-refractivity contribution is 9.10. The quantitative estimate of drug-likeness (QED) is 0.667. The number of halogens is 1. The van der Waals surface area contributed by atoms with Crippen molar-refractivity contribution in [3.05, 3.63) is 28.7 Å². The second kappa shape index (κ2) is 8.26. The van der Waals surface area contributed by atoms with Gasteiger partial charge in [-0.25, -0.2) is 13.1 Å². The minimum Gasteiger partial charge on any atom is -0.355 e. The molecule has 0 atom stereocenters.